The Balaban J connectivity index is 1.87. The lowest BCUT2D eigenvalue weighted by Gasteiger charge is -2.33. The number of primary amides is 1. The van der Waals surface area contributed by atoms with Gasteiger partial charge >= 0.3 is 0 Å². The van der Waals surface area contributed by atoms with Crippen molar-refractivity contribution in [2.75, 3.05) is 38.1 Å². The highest BCUT2D eigenvalue weighted by molar-refractivity contribution is 7.89. The zero-order valence-electron chi connectivity index (χ0n) is 17.3. The molecule has 2 heterocycles. The molecule has 1 atom stereocenters. The first-order valence-corrected chi connectivity index (χ1v) is 11.3. The highest BCUT2D eigenvalue weighted by atomic mass is 32.2. The smallest absolute Gasteiger partial charge is 0.250 e. The number of carbonyl (C=O) groups excluding carboxylic acids is 4. The lowest BCUT2D eigenvalue weighted by Crippen LogP contribution is -2.59. The third-order valence-corrected chi connectivity index (χ3v) is 7.05. The number of anilines is 1. The molecule has 1 aromatic carbocycles. The van der Waals surface area contributed by atoms with E-state index in [2.05, 4.69) is 4.72 Å². The van der Waals surface area contributed by atoms with Crippen LogP contribution in [0, 0.1) is 6.92 Å². The van der Waals surface area contributed by atoms with E-state index in [0.29, 0.717) is 30.6 Å². The first kappa shape index (κ1) is 22.7. The first-order chi connectivity index (χ1) is 14.5. The second-order valence-corrected chi connectivity index (χ2v) is 9.26. The van der Waals surface area contributed by atoms with Crippen LogP contribution in [-0.4, -0.2) is 81.1 Å². The zero-order valence-corrected chi connectivity index (χ0v) is 18.1. The van der Waals surface area contributed by atoms with Crippen LogP contribution in [0.1, 0.15) is 18.4 Å². The molecule has 0 aliphatic carbocycles. The van der Waals surface area contributed by atoms with Gasteiger partial charge in [0.1, 0.15) is 0 Å². The topological polar surface area (TPSA) is 150 Å². The number of benzene rings is 1. The monoisotopic (exact) mass is 451 g/mol. The van der Waals surface area contributed by atoms with Crippen molar-refractivity contribution in [1.29, 1.82) is 0 Å². The number of rotatable bonds is 6. The number of nitrogens with zero attached hydrogens (tertiary/aromatic N) is 3. The third kappa shape index (κ3) is 4.54. The van der Waals surface area contributed by atoms with Crippen LogP contribution in [0.15, 0.2) is 23.1 Å². The van der Waals surface area contributed by atoms with Crippen LogP contribution in [-0.2, 0) is 29.2 Å². The molecule has 1 aromatic rings. The minimum absolute atomic E-state index is 0.101. The molecule has 0 unspecified atom stereocenters. The summed E-state index contributed by atoms with van der Waals surface area (Å²) in [5.41, 5.74) is 6.09. The number of likely N-dealkylation sites (N-methyl/N-ethyl adjacent to an activating group) is 1. The molecule has 3 rings (SSSR count). The summed E-state index contributed by atoms with van der Waals surface area (Å²) in [7, 11) is -2.76. The fourth-order valence-electron chi connectivity index (χ4n) is 3.67. The molecule has 4 amide bonds. The number of nitrogens with one attached hydrogen (secondary N) is 1. The van der Waals surface area contributed by atoms with Crippen molar-refractivity contribution >= 4 is 39.3 Å². The summed E-state index contributed by atoms with van der Waals surface area (Å²) >= 11 is 0. The van der Waals surface area contributed by atoms with Gasteiger partial charge in [-0.05, 0) is 31.0 Å². The molecular formula is C19H25N5O6S. The van der Waals surface area contributed by atoms with Gasteiger partial charge in [-0.15, -0.1) is 0 Å². The van der Waals surface area contributed by atoms with Crippen molar-refractivity contribution in [1.82, 2.24) is 14.5 Å². The van der Waals surface area contributed by atoms with Crippen LogP contribution >= 0.6 is 0 Å². The van der Waals surface area contributed by atoms with Gasteiger partial charge in [0.2, 0.25) is 27.7 Å². The highest BCUT2D eigenvalue weighted by Crippen LogP contribution is 2.29. The van der Waals surface area contributed by atoms with Gasteiger partial charge in [-0.2, -0.15) is 4.72 Å². The predicted octanol–water partition coefficient (Wildman–Crippen LogP) is -1.45. The van der Waals surface area contributed by atoms with Gasteiger partial charge in [0.05, 0.1) is 11.4 Å². The van der Waals surface area contributed by atoms with E-state index in [0.717, 1.165) is 4.90 Å². The molecule has 2 saturated heterocycles. The standard InChI is InChI=1S/C19H25N5O6S/c1-12-13(24-8-4-7-15(24)25)5-3-6-14(12)31(29,30)21-17(18(20)27)19(28)23-10-9-22(2)16(26)11-23/h3,5-6,17,21H,4,7-11H2,1-2H3,(H2,20,27)/t17-/m0/s1. The molecule has 2 aliphatic rings. The summed E-state index contributed by atoms with van der Waals surface area (Å²) < 4.78 is 28.2. The quantitative estimate of drug-likeness (QED) is 0.506. The third-order valence-electron chi connectivity index (χ3n) is 5.48. The normalized spacial score (nSPS) is 18.5. The highest BCUT2D eigenvalue weighted by Gasteiger charge is 2.37. The van der Waals surface area contributed by atoms with Crippen molar-refractivity contribution in [2.45, 2.75) is 30.7 Å². The Kier molecular flexibility index (Phi) is 6.32. The fraction of sp³-hybridized carbons (Fsp3) is 0.474. The van der Waals surface area contributed by atoms with E-state index in [4.69, 9.17) is 5.73 Å². The van der Waals surface area contributed by atoms with Gasteiger partial charge in [0, 0.05) is 38.8 Å². The second-order valence-electron chi connectivity index (χ2n) is 7.58. The molecule has 0 aromatic heterocycles. The Hall–Kier alpha value is -2.99. The lowest BCUT2D eigenvalue weighted by molar-refractivity contribution is -0.147. The molecule has 12 heteroatoms. The number of sulfonamides is 1. The number of hydrogen-bond acceptors (Lipinski definition) is 6. The molecule has 31 heavy (non-hydrogen) atoms. The van der Waals surface area contributed by atoms with Gasteiger partial charge < -0.3 is 20.4 Å². The van der Waals surface area contributed by atoms with E-state index in [1.54, 1.807) is 20.0 Å². The SMILES string of the molecule is Cc1c(N2CCCC2=O)cccc1S(=O)(=O)N[C@@H](C(N)=O)C(=O)N1CCN(C)C(=O)C1. The molecule has 0 bridgehead atoms. The molecular weight excluding hydrogens is 426 g/mol. The van der Waals surface area contributed by atoms with E-state index < -0.39 is 27.9 Å². The Morgan fingerprint density at radius 1 is 1.13 bits per heavy atom. The van der Waals surface area contributed by atoms with Gasteiger partial charge in [-0.25, -0.2) is 8.42 Å². The number of carbonyl (C=O) groups is 4. The first-order valence-electron chi connectivity index (χ1n) is 9.77. The number of piperazine rings is 1. The van der Waals surface area contributed by atoms with Crippen LogP contribution in [0.2, 0.25) is 0 Å². The van der Waals surface area contributed by atoms with Crippen molar-refractivity contribution in [3.8, 4) is 0 Å². The van der Waals surface area contributed by atoms with E-state index >= 15 is 0 Å². The van der Waals surface area contributed by atoms with Crippen molar-refractivity contribution in [3.05, 3.63) is 23.8 Å². The van der Waals surface area contributed by atoms with Crippen LogP contribution in [0.4, 0.5) is 5.69 Å². The van der Waals surface area contributed by atoms with Crippen molar-refractivity contribution in [3.63, 3.8) is 0 Å². The molecule has 0 radical (unpaired) electrons. The molecule has 2 aliphatic heterocycles. The molecule has 11 nitrogen and oxygen atoms in total. The summed E-state index contributed by atoms with van der Waals surface area (Å²) in [6.45, 7) is 2.17. The summed E-state index contributed by atoms with van der Waals surface area (Å²) in [6.07, 6.45) is 1.06. The number of nitrogens with two attached hydrogens (primary N) is 1. The average molecular weight is 452 g/mol. The van der Waals surface area contributed by atoms with E-state index in [1.807, 2.05) is 0 Å². The van der Waals surface area contributed by atoms with Crippen LogP contribution < -0.4 is 15.4 Å². The summed E-state index contributed by atoms with van der Waals surface area (Å²) in [5.74, 6) is -2.50. The lowest BCUT2D eigenvalue weighted by atomic mass is 10.2. The Bertz CT molecular complexity index is 1040. The number of amides is 4. The fourth-order valence-corrected chi connectivity index (χ4v) is 5.09. The summed E-state index contributed by atoms with van der Waals surface area (Å²) in [5, 5.41) is 0. The molecule has 3 N–H and O–H groups in total. The maximum Gasteiger partial charge on any atom is 0.250 e. The van der Waals surface area contributed by atoms with E-state index in [1.165, 1.54) is 21.9 Å². The zero-order chi connectivity index (χ0) is 22.9. The summed E-state index contributed by atoms with van der Waals surface area (Å²) in [6, 6.07) is 2.59. The summed E-state index contributed by atoms with van der Waals surface area (Å²) in [4.78, 5) is 52.6. The second kappa shape index (κ2) is 8.63. The average Bonchev–Trinajstić information content (AvgIpc) is 3.13. The maximum atomic E-state index is 13.1. The van der Waals surface area contributed by atoms with Crippen LogP contribution in [0.3, 0.4) is 0 Å². The largest absolute Gasteiger partial charge is 0.368 e. The molecule has 2 fully saturated rings. The minimum atomic E-state index is -4.34. The maximum absolute atomic E-state index is 13.1. The van der Waals surface area contributed by atoms with Crippen molar-refractivity contribution < 1.29 is 27.6 Å². The van der Waals surface area contributed by atoms with Crippen molar-refractivity contribution in [2.24, 2.45) is 5.73 Å². The molecule has 0 saturated carbocycles. The van der Waals surface area contributed by atoms with Gasteiger partial charge in [0.25, 0.3) is 5.91 Å². The van der Waals surface area contributed by atoms with Gasteiger partial charge in [-0.3, -0.25) is 19.2 Å². The Morgan fingerprint density at radius 3 is 2.42 bits per heavy atom. The van der Waals surface area contributed by atoms with E-state index in [9.17, 15) is 27.6 Å². The Morgan fingerprint density at radius 2 is 1.84 bits per heavy atom. The molecule has 0 spiro atoms. The van der Waals surface area contributed by atoms with E-state index in [-0.39, 0.29) is 36.3 Å². The predicted molar refractivity (Wildman–Crippen MR) is 110 cm³/mol. The van der Waals surface area contributed by atoms with Crippen LogP contribution in [0.25, 0.3) is 0 Å². The minimum Gasteiger partial charge on any atom is -0.368 e. The Labute approximate surface area is 180 Å². The number of hydrogen-bond donors (Lipinski definition) is 2. The van der Waals surface area contributed by atoms with Gasteiger partial charge in [-0.1, -0.05) is 6.07 Å². The van der Waals surface area contributed by atoms with Crippen LogP contribution in [0.5, 0.6) is 0 Å². The molecule has 168 valence electrons. The van der Waals surface area contributed by atoms with Gasteiger partial charge in [0.15, 0.2) is 6.04 Å².